The third-order valence-electron chi connectivity index (χ3n) is 6.18. The Bertz CT molecular complexity index is 1770. The molecule has 0 aliphatic carbocycles. The summed E-state index contributed by atoms with van der Waals surface area (Å²) in [5, 5.41) is 17.6. The van der Waals surface area contributed by atoms with Gasteiger partial charge in [-0.1, -0.05) is 6.07 Å². The Labute approximate surface area is 250 Å². The van der Waals surface area contributed by atoms with Gasteiger partial charge in [-0.05, 0) is 79.2 Å². The van der Waals surface area contributed by atoms with Crippen molar-refractivity contribution in [1.29, 1.82) is 0 Å². The monoisotopic (exact) mass is 596 g/mol. The largest absolute Gasteiger partial charge is 0.490 e. The Hall–Kier alpha value is -6.24. The number of nitrogens with zero attached hydrogens (tertiary/aromatic N) is 2. The van der Waals surface area contributed by atoms with Crippen LogP contribution in [0.5, 0.6) is 23.0 Å². The second-order valence-corrected chi connectivity index (χ2v) is 9.13. The lowest BCUT2D eigenvalue weighted by molar-refractivity contribution is -0.384. The Kier molecular flexibility index (Phi) is 8.75. The maximum Gasteiger partial charge on any atom is 0.343 e. The van der Waals surface area contributed by atoms with Gasteiger partial charge in [0.25, 0.3) is 17.5 Å². The molecule has 1 heterocycles. The van der Waals surface area contributed by atoms with Crippen LogP contribution in [-0.4, -0.2) is 42.3 Å². The fourth-order valence-electron chi connectivity index (χ4n) is 4.04. The summed E-state index contributed by atoms with van der Waals surface area (Å²) in [7, 11) is 0. The molecule has 5 rings (SSSR count). The third kappa shape index (κ3) is 6.97. The molecule has 13 nitrogen and oxygen atoms in total. The first kappa shape index (κ1) is 29.3. The van der Waals surface area contributed by atoms with Crippen molar-refractivity contribution in [2.45, 2.75) is 6.92 Å². The summed E-state index contributed by atoms with van der Waals surface area (Å²) in [4.78, 5) is 48.3. The minimum Gasteiger partial charge on any atom is -0.490 e. The number of hydrogen-bond acceptors (Lipinski definition) is 10. The van der Waals surface area contributed by atoms with E-state index in [1.807, 2.05) is 0 Å². The molecule has 0 saturated carbocycles. The van der Waals surface area contributed by atoms with E-state index in [2.05, 4.69) is 15.8 Å². The molecule has 0 fully saturated rings. The number of fused-ring (bicyclic) bond motifs is 1. The van der Waals surface area contributed by atoms with Crippen LogP contribution < -0.4 is 29.7 Å². The zero-order chi connectivity index (χ0) is 31.1. The molecule has 222 valence electrons. The van der Waals surface area contributed by atoms with Gasteiger partial charge in [0.1, 0.15) is 0 Å². The Morgan fingerprint density at radius 2 is 1.64 bits per heavy atom. The van der Waals surface area contributed by atoms with Gasteiger partial charge in [0, 0.05) is 28.9 Å². The van der Waals surface area contributed by atoms with E-state index < -0.39 is 16.8 Å². The van der Waals surface area contributed by atoms with Crippen molar-refractivity contribution in [2.75, 3.05) is 18.7 Å². The number of nitro groups is 1. The van der Waals surface area contributed by atoms with Crippen LogP contribution in [0.4, 0.5) is 11.4 Å². The van der Waals surface area contributed by atoms with E-state index in [1.54, 1.807) is 55.5 Å². The Balaban J connectivity index is 1.20. The second-order valence-electron chi connectivity index (χ2n) is 9.13. The molecule has 2 N–H and O–H groups in total. The van der Waals surface area contributed by atoms with Gasteiger partial charge in [0.15, 0.2) is 23.0 Å². The summed E-state index contributed by atoms with van der Waals surface area (Å²) >= 11 is 0. The fraction of sp³-hybridized carbons (Fsp3) is 0.0968. The molecule has 1 aliphatic rings. The number of carbonyl (C=O) groups is 3. The lowest BCUT2D eigenvalue weighted by Crippen LogP contribution is -2.18. The first-order valence-electron chi connectivity index (χ1n) is 13.2. The number of hydrogen-bond donors (Lipinski definition) is 2. The quantitative estimate of drug-likeness (QED) is 0.0845. The number of nitro benzene ring substituents is 1. The van der Waals surface area contributed by atoms with E-state index in [9.17, 15) is 24.5 Å². The smallest absolute Gasteiger partial charge is 0.343 e. The van der Waals surface area contributed by atoms with Crippen LogP contribution >= 0.6 is 0 Å². The van der Waals surface area contributed by atoms with Crippen LogP contribution in [0.3, 0.4) is 0 Å². The van der Waals surface area contributed by atoms with Gasteiger partial charge in [0.05, 0.1) is 23.3 Å². The molecule has 0 radical (unpaired) electrons. The molecular formula is C31H24N4O9. The minimum absolute atomic E-state index is 0.0978. The number of nitrogens with one attached hydrogen (secondary N) is 2. The first-order chi connectivity index (χ1) is 21.3. The average Bonchev–Trinajstić information content (AvgIpc) is 3.50. The van der Waals surface area contributed by atoms with Gasteiger partial charge >= 0.3 is 5.97 Å². The van der Waals surface area contributed by atoms with Crippen LogP contribution in [0.2, 0.25) is 0 Å². The summed E-state index contributed by atoms with van der Waals surface area (Å²) in [5.74, 6) is -0.183. The highest BCUT2D eigenvalue weighted by atomic mass is 16.7. The third-order valence-corrected chi connectivity index (χ3v) is 6.18. The van der Waals surface area contributed by atoms with E-state index in [1.165, 1.54) is 42.6 Å². The van der Waals surface area contributed by atoms with E-state index >= 15 is 0 Å². The average molecular weight is 597 g/mol. The van der Waals surface area contributed by atoms with Crippen LogP contribution in [-0.2, 0) is 0 Å². The molecule has 1 aliphatic heterocycles. The van der Waals surface area contributed by atoms with E-state index in [0.717, 1.165) is 0 Å². The molecule has 4 aromatic carbocycles. The lowest BCUT2D eigenvalue weighted by atomic mass is 10.1. The predicted octanol–water partition coefficient (Wildman–Crippen LogP) is 4.96. The summed E-state index contributed by atoms with van der Waals surface area (Å²) in [6.07, 6.45) is 1.38. The molecule has 0 unspecified atom stereocenters. The maximum atomic E-state index is 12.7. The molecule has 13 heteroatoms. The van der Waals surface area contributed by atoms with Gasteiger partial charge < -0.3 is 24.3 Å². The number of non-ortho nitro benzene ring substituents is 1. The van der Waals surface area contributed by atoms with Crippen molar-refractivity contribution >= 4 is 35.4 Å². The van der Waals surface area contributed by atoms with Gasteiger partial charge in [0.2, 0.25) is 6.79 Å². The van der Waals surface area contributed by atoms with Crippen LogP contribution in [0.25, 0.3) is 0 Å². The summed E-state index contributed by atoms with van der Waals surface area (Å²) in [6.45, 7) is 2.14. The molecule has 0 saturated heterocycles. The first-order valence-corrected chi connectivity index (χ1v) is 13.2. The van der Waals surface area contributed by atoms with Crippen LogP contribution in [0.1, 0.15) is 43.6 Å². The molecule has 44 heavy (non-hydrogen) atoms. The Morgan fingerprint density at radius 1 is 0.886 bits per heavy atom. The number of benzene rings is 4. The Morgan fingerprint density at radius 3 is 2.41 bits per heavy atom. The SMILES string of the molecule is CCOc1cc(C=NNC(=O)c2cccc(NC(=O)c3ccc4c(c3)OCO4)c2)ccc1OC(=O)c1ccc([N+](=O)[O-])cc1. The van der Waals surface area contributed by atoms with Crippen molar-refractivity contribution in [3.05, 3.63) is 117 Å². The maximum absolute atomic E-state index is 12.7. The number of esters is 1. The number of anilines is 1. The molecule has 0 aromatic heterocycles. The van der Waals surface area contributed by atoms with Crippen molar-refractivity contribution in [1.82, 2.24) is 5.43 Å². The normalized spacial score (nSPS) is 11.6. The zero-order valence-corrected chi connectivity index (χ0v) is 23.1. The molecule has 2 amide bonds. The fourth-order valence-corrected chi connectivity index (χ4v) is 4.04. The van der Waals surface area contributed by atoms with Gasteiger partial charge in [-0.25, -0.2) is 10.2 Å². The summed E-state index contributed by atoms with van der Waals surface area (Å²) < 4.78 is 21.6. The van der Waals surface area contributed by atoms with Gasteiger partial charge in [-0.15, -0.1) is 0 Å². The molecular weight excluding hydrogens is 572 g/mol. The van der Waals surface area contributed by atoms with Gasteiger partial charge in [-0.2, -0.15) is 5.10 Å². The van der Waals surface area contributed by atoms with Gasteiger partial charge in [-0.3, -0.25) is 19.7 Å². The highest BCUT2D eigenvalue weighted by Gasteiger charge is 2.17. The summed E-state index contributed by atoms with van der Waals surface area (Å²) in [6, 6.07) is 20.9. The van der Waals surface area contributed by atoms with E-state index in [-0.39, 0.29) is 47.6 Å². The molecule has 0 atom stereocenters. The number of amides is 2. The van der Waals surface area contributed by atoms with Crippen LogP contribution in [0, 0.1) is 10.1 Å². The van der Waals surface area contributed by atoms with Crippen molar-refractivity contribution in [3.8, 4) is 23.0 Å². The number of hydrazone groups is 1. The number of ether oxygens (including phenoxy) is 4. The molecule has 0 bridgehead atoms. The molecule has 0 spiro atoms. The number of rotatable bonds is 10. The van der Waals surface area contributed by atoms with E-state index in [4.69, 9.17) is 18.9 Å². The predicted molar refractivity (Wildman–Crippen MR) is 158 cm³/mol. The molecule has 4 aromatic rings. The highest BCUT2D eigenvalue weighted by Crippen LogP contribution is 2.33. The second kappa shape index (κ2) is 13.2. The standard InChI is InChI=1S/C31H24N4O9/c1-2-41-27-14-19(6-12-26(27)44-31(38)20-7-10-24(11-8-20)35(39)40)17-32-34-30(37)21-4-3-5-23(15-21)33-29(36)22-9-13-25-28(16-22)43-18-42-25/h3-17H,2,18H2,1H3,(H,33,36)(H,34,37). The lowest BCUT2D eigenvalue weighted by Gasteiger charge is -2.11. The topological polar surface area (TPSA) is 168 Å². The minimum atomic E-state index is -0.719. The highest BCUT2D eigenvalue weighted by molar-refractivity contribution is 6.05. The van der Waals surface area contributed by atoms with Crippen LogP contribution in [0.15, 0.2) is 90.0 Å². The van der Waals surface area contributed by atoms with Crippen molar-refractivity contribution in [3.63, 3.8) is 0 Å². The van der Waals surface area contributed by atoms with Crippen molar-refractivity contribution in [2.24, 2.45) is 5.10 Å². The van der Waals surface area contributed by atoms with E-state index in [0.29, 0.717) is 28.3 Å². The zero-order valence-electron chi connectivity index (χ0n) is 23.1. The summed E-state index contributed by atoms with van der Waals surface area (Å²) in [5.41, 5.74) is 3.98. The van der Waals surface area contributed by atoms with Crippen molar-refractivity contribution < 1.29 is 38.3 Å². The number of carbonyl (C=O) groups excluding carboxylic acids is 3.